The van der Waals surface area contributed by atoms with E-state index in [1.54, 1.807) is 0 Å². The third kappa shape index (κ3) is 4.00. The number of nitrogens with one attached hydrogen (secondary N) is 1. The average Bonchev–Trinajstić information content (AvgIpc) is 2.34. The summed E-state index contributed by atoms with van der Waals surface area (Å²) in [7, 11) is 0. The van der Waals surface area contributed by atoms with E-state index in [1.165, 1.54) is 0 Å². The Bertz CT molecular complexity index is 381. The molecule has 1 aliphatic carbocycles. The van der Waals surface area contributed by atoms with Gasteiger partial charge in [-0.3, -0.25) is 4.79 Å². The molecular formula is C10H15F3N4O2. The monoisotopic (exact) mass is 280 g/mol. The Hall–Kier alpha value is -1.47. The van der Waals surface area contributed by atoms with Gasteiger partial charge in [0.25, 0.3) is 0 Å². The molecule has 1 aliphatic rings. The largest absolute Gasteiger partial charge is 0.480 e. The smallest absolute Gasteiger partial charge is 0.391 e. The lowest BCUT2D eigenvalue weighted by Crippen LogP contribution is -2.57. The van der Waals surface area contributed by atoms with Crippen LogP contribution in [-0.4, -0.2) is 35.9 Å². The minimum absolute atomic E-state index is 0.00220. The zero-order valence-electron chi connectivity index (χ0n) is 10.2. The molecule has 1 fully saturated rings. The predicted molar refractivity (Wildman–Crippen MR) is 60.4 cm³/mol. The molecule has 0 heterocycles. The second-order valence-electron chi connectivity index (χ2n) is 4.60. The number of hydrogen-bond acceptors (Lipinski definition) is 3. The molecule has 1 saturated carbocycles. The molecule has 19 heavy (non-hydrogen) atoms. The fourth-order valence-corrected chi connectivity index (χ4v) is 2.37. The summed E-state index contributed by atoms with van der Waals surface area (Å²) < 4.78 is 38.1. The highest BCUT2D eigenvalue weighted by Gasteiger charge is 2.50. The Morgan fingerprint density at radius 3 is 2.79 bits per heavy atom. The maximum Gasteiger partial charge on any atom is 0.391 e. The van der Waals surface area contributed by atoms with Crippen LogP contribution in [0.25, 0.3) is 10.4 Å². The van der Waals surface area contributed by atoms with Gasteiger partial charge in [-0.25, -0.2) is 0 Å². The molecule has 6 nitrogen and oxygen atoms in total. The number of hydrogen-bond donors (Lipinski definition) is 2. The summed E-state index contributed by atoms with van der Waals surface area (Å²) in [5, 5.41) is 15.0. The highest BCUT2D eigenvalue weighted by atomic mass is 19.4. The highest BCUT2D eigenvalue weighted by molar-refractivity contribution is 5.79. The van der Waals surface area contributed by atoms with Gasteiger partial charge < -0.3 is 10.4 Å². The number of alkyl halides is 3. The Kier molecular flexibility index (Phi) is 5.02. The van der Waals surface area contributed by atoms with Crippen molar-refractivity contribution in [2.45, 2.75) is 37.4 Å². The van der Waals surface area contributed by atoms with Crippen molar-refractivity contribution < 1.29 is 23.1 Å². The molecule has 0 aliphatic heterocycles. The first-order valence-corrected chi connectivity index (χ1v) is 5.88. The second-order valence-corrected chi connectivity index (χ2v) is 4.60. The number of azide groups is 1. The zero-order chi connectivity index (χ0) is 14.5. The third-order valence-corrected chi connectivity index (χ3v) is 3.36. The van der Waals surface area contributed by atoms with E-state index in [0.717, 1.165) is 0 Å². The van der Waals surface area contributed by atoms with Crippen LogP contribution in [0.4, 0.5) is 13.2 Å². The summed E-state index contributed by atoms with van der Waals surface area (Å²) in [5.74, 6) is -2.90. The summed E-state index contributed by atoms with van der Waals surface area (Å²) in [6.07, 6.45) is -4.57. The normalized spacial score (nSPS) is 27.6. The van der Waals surface area contributed by atoms with Crippen molar-refractivity contribution in [1.82, 2.24) is 5.32 Å². The van der Waals surface area contributed by atoms with Crippen LogP contribution in [0.1, 0.15) is 25.7 Å². The van der Waals surface area contributed by atoms with Gasteiger partial charge in [0.2, 0.25) is 0 Å². The molecule has 0 aromatic rings. The lowest BCUT2D eigenvalue weighted by molar-refractivity contribution is -0.191. The summed E-state index contributed by atoms with van der Waals surface area (Å²) >= 11 is 0. The topological polar surface area (TPSA) is 98.1 Å². The van der Waals surface area contributed by atoms with Gasteiger partial charge in [0.1, 0.15) is 5.54 Å². The maximum atomic E-state index is 12.7. The first kappa shape index (κ1) is 15.6. The molecule has 0 aromatic carbocycles. The van der Waals surface area contributed by atoms with Gasteiger partial charge in [-0.1, -0.05) is 11.5 Å². The predicted octanol–water partition coefficient (Wildman–Crippen LogP) is 2.46. The SMILES string of the molecule is [N-]=[N+]=NCCNC1(C(=O)O)CCCC(C(F)(F)F)C1. The van der Waals surface area contributed by atoms with E-state index in [4.69, 9.17) is 5.53 Å². The van der Waals surface area contributed by atoms with Crippen LogP contribution in [0, 0.1) is 5.92 Å². The van der Waals surface area contributed by atoms with Crippen molar-refractivity contribution in [3.8, 4) is 0 Å². The Labute approximate surface area is 107 Å². The van der Waals surface area contributed by atoms with Crippen LogP contribution in [-0.2, 0) is 4.79 Å². The van der Waals surface area contributed by atoms with Crippen LogP contribution < -0.4 is 5.32 Å². The molecule has 0 radical (unpaired) electrons. The van der Waals surface area contributed by atoms with E-state index in [0.29, 0.717) is 0 Å². The van der Waals surface area contributed by atoms with E-state index in [1.807, 2.05) is 0 Å². The molecule has 9 heteroatoms. The van der Waals surface area contributed by atoms with Crippen molar-refractivity contribution in [3.63, 3.8) is 0 Å². The summed E-state index contributed by atoms with van der Waals surface area (Å²) in [4.78, 5) is 13.8. The standard InChI is InChI=1S/C10H15F3N4O2/c11-10(12,13)7-2-1-3-9(6-7,8(18)19)15-4-5-16-17-14/h7,15H,1-6H2,(H,18,19). The molecule has 1 rings (SSSR count). The summed E-state index contributed by atoms with van der Waals surface area (Å²) in [5.41, 5.74) is 6.51. The fraction of sp³-hybridized carbons (Fsp3) is 0.900. The molecule has 0 aromatic heterocycles. The first-order chi connectivity index (χ1) is 8.82. The van der Waals surface area contributed by atoms with E-state index in [2.05, 4.69) is 15.3 Å². The lowest BCUT2D eigenvalue weighted by atomic mass is 9.75. The second kappa shape index (κ2) is 6.12. The maximum absolute atomic E-state index is 12.7. The molecule has 108 valence electrons. The van der Waals surface area contributed by atoms with Crippen LogP contribution in [0.15, 0.2) is 5.11 Å². The molecule has 0 spiro atoms. The molecule has 2 unspecified atom stereocenters. The van der Waals surface area contributed by atoms with E-state index < -0.39 is 30.0 Å². The van der Waals surface area contributed by atoms with Gasteiger partial charge in [-0.05, 0) is 24.8 Å². The summed E-state index contributed by atoms with van der Waals surface area (Å²) in [6, 6.07) is 0. The lowest BCUT2D eigenvalue weighted by Gasteiger charge is -2.39. The Morgan fingerprint density at radius 2 is 2.26 bits per heavy atom. The molecular weight excluding hydrogens is 265 g/mol. The fourth-order valence-electron chi connectivity index (χ4n) is 2.37. The number of carboxylic acid groups (broad SMARTS) is 1. The van der Waals surface area contributed by atoms with Gasteiger partial charge in [0.05, 0.1) is 5.92 Å². The molecule has 0 saturated heterocycles. The van der Waals surface area contributed by atoms with Crippen LogP contribution >= 0.6 is 0 Å². The quantitative estimate of drug-likeness (QED) is 0.350. The van der Waals surface area contributed by atoms with Gasteiger partial charge in [-0.2, -0.15) is 13.2 Å². The van der Waals surface area contributed by atoms with E-state index in [9.17, 15) is 23.1 Å². The first-order valence-electron chi connectivity index (χ1n) is 5.88. The Balaban J connectivity index is 2.75. The number of halogens is 3. The highest BCUT2D eigenvalue weighted by Crippen LogP contribution is 2.41. The van der Waals surface area contributed by atoms with Crippen molar-refractivity contribution in [2.24, 2.45) is 11.0 Å². The minimum atomic E-state index is -4.38. The van der Waals surface area contributed by atoms with E-state index in [-0.39, 0.29) is 32.4 Å². The Morgan fingerprint density at radius 1 is 1.58 bits per heavy atom. The van der Waals surface area contributed by atoms with Crippen LogP contribution in [0.3, 0.4) is 0 Å². The number of carbonyl (C=O) groups is 1. The van der Waals surface area contributed by atoms with Crippen LogP contribution in [0.5, 0.6) is 0 Å². The average molecular weight is 280 g/mol. The van der Waals surface area contributed by atoms with E-state index >= 15 is 0 Å². The van der Waals surface area contributed by atoms with Crippen molar-refractivity contribution >= 4 is 5.97 Å². The van der Waals surface area contributed by atoms with Crippen LogP contribution in [0.2, 0.25) is 0 Å². The van der Waals surface area contributed by atoms with Crippen molar-refractivity contribution in [3.05, 3.63) is 10.4 Å². The zero-order valence-corrected chi connectivity index (χ0v) is 10.2. The molecule has 0 amide bonds. The van der Waals surface area contributed by atoms with Gasteiger partial charge in [0, 0.05) is 18.0 Å². The van der Waals surface area contributed by atoms with Gasteiger partial charge in [0.15, 0.2) is 0 Å². The third-order valence-electron chi connectivity index (χ3n) is 3.36. The van der Waals surface area contributed by atoms with Crippen molar-refractivity contribution in [1.29, 1.82) is 0 Å². The number of rotatable bonds is 5. The number of carboxylic acids is 1. The molecule has 2 atom stereocenters. The molecule has 0 bridgehead atoms. The summed E-state index contributed by atoms with van der Waals surface area (Å²) in [6.45, 7) is 0.0448. The number of nitrogens with zero attached hydrogens (tertiary/aromatic N) is 3. The van der Waals surface area contributed by atoms with Gasteiger partial charge >= 0.3 is 12.1 Å². The minimum Gasteiger partial charge on any atom is -0.480 e. The van der Waals surface area contributed by atoms with Gasteiger partial charge in [-0.15, -0.1) is 0 Å². The molecule has 2 N–H and O–H groups in total. The number of aliphatic carboxylic acids is 1. The van der Waals surface area contributed by atoms with Crippen molar-refractivity contribution in [2.75, 3.05) is 13.1 Å².